The zero-order valence-electron chi connectivity index (χ0n) is 14.9. The lowest BCUT2D eigenvalue weighted by Gasteiger charge is -2.09. The summed E-state index contributed by atoms with van der Waals surface area (Å²) in [5, 5.41) is 0. The van der Waals surface area contributed by atoms with Crippen LogP contribution in [0.1, 0.15) is 27.8 Å². The summed E-state index contributed by atoms with van der Waals surface area (Å²) in [6.07, 6.45) is 1.19. The van der Waals surface area contributed by atoms with Crippen LogP contribution >= 0.6 is 0 Å². The molecule has 0 radical (unpaired) electrons. The molecule has 0 aromatic rings. The molecular formula is C20H22O4. The van der Waals surface area contributed by atoms with Gasteiger partial charge in [0.05, 0.1) is 19.8 Å². The molecule has 2 aliphatic rings. The zero-order chi connectivity index (χ0) is 18.0. The predicted octanol–water partition coefficient (Wildman–Crippen LogP) is 3.75. The van der Waals surface area contributed by atoms with Gasteiger partial charge in [-0.25, -0.2) is 9.59 Å². The number of hydrogen-bond donors (Lipinski definition) is 0. The molecule has 0 amide bonds. The quantitative estimate of drug-likeness (QED) is 0.637. The van der Waals surface area contributed by atoms with Gasteiger partial charge in [0.15, 0.2) is 0 Å². The van der Waals surface area contributed by atoms with Gasteiger partial charge in [-0.2, -0.15) is 0 Å². The van der Waals surface area contributed by atoms with Crippen LogP contribution in [0.3, 0.4) is 0 Å². The maximum atomic E-state index is 12.3. The van der Waals surface area contributed by atoms with Gasteiger partial charge < -0.3 is 9.47 Å². The summed E-state index contributed by atoms with van der Waals surface area (Å²) >= 11 is 0. The van der Waals surface area contributed by atoms with Gasteiger partial charge in [-0.15, -0.1) is 0 Å². The van der Waals surface area contributed by atoms with Crippen LogP contribution < -0.4 is 0 Å². The molecule has 0 fully saturated rings. The van der Waals surface area contributed by atoms with Crippen molar-refractivity contribution in [3.8, 4) is 11.1 Å². The van der Waals surface area contributed by atoms with Crippen molar-refractivity contribution in [2.75, 3.05) is 14.2 Å². The van der Waals surface area contributed by atoms with Crippen molar-refractivity contribution in [1.82, 2.24) is 0 Å². The summed E-state index contributed by atoms with van der Waals surface area (Å²) in [7, 11) is 2.58. The van der Waals surface area contributed by atoms with Crippen molar-refractivity contribution in [3.63, 3.8) is 0 Å². The summed E-state index contributed by atoms with van der Waals surface area (Å²) < 4.78 is 9.56. The Bertz CT molecular complexity index is 815. The SMILES string of the molecule is COC(=O)/C=C(\C(=O)OC)c1cc(C)c2c(C)cc(C)cc(C)c1-2. The third kappa shape index (κ3) is 3.18. The second-order valence-corrected chi connectivity index (χ2v) is 5.96. The second kappa shape index (κ2) is 6.87. The molecule has 0 atom stereocenters. The minimum absolute atomic E-state index is 0.203. The summed E-state index contributed by atoms with van der Waals surface area (Å²) in [5.41, 5.74) is 7.30. The maximum absolute atomic E-state index is 12.3. The number of ether oxygens (including phenoxy) is 2. The van der Waals surface area contributed by atoms with Crippen LogP contribution in [0.2, 0.25) is 0 Å². The van der Waals surface area contributed by atoms with Gasteiger partial charge >= 0.3 is 11.9 Å². The first-order valence-electron chi connectivity index (χ1n) is 7.69. The highest BCUT2D eigenvalue weighted by atomic mass is 16.5. The summed E-state index contributed by atoms with van der Waals surface area (Å²) in [4.78, 5) is 24.0. The molecule has 4 nitrogen and oxygen atoms in total. The molecule has 0 aromatic heterocycles. The molecule has 0 heterocycles. The Labute approximate surface area is 142 Å². The van der Waals surface area contributed by atoms with Crippen molar-refractivity contribution in [2.45, 2.75) is 27.7 Å². The number of carbonyl (C=O) groups excluding carboxylic acids is 2. The van der Waals surface area contributed by atoms with Crippen molar-refractivity contribution in [1.29, 1.82) is 0 Å². The lowest BCUT2D eigenvalue weighted by atomic mass is 9.96. The molecule has 0 saturated carbocycles. The number of carbonyl (C=O) groups is 2. The van der Waals surface area contributed by atoms with E-state index >= 15 is 0 Å². The Morgan fingerprint density at radius 3 is 1.92 bits per heavy atom. The molecule has 0 saturated heterocycles. The number of rotatable bonds is 3. The van der Waals surface area contributed by atoms with Crippen LogP contribution in [0, 0.1) is 27.7 Å². The average Bonchev–Trinajstić information content (AvgIpc) is 2.82. The van der Waals surface area contributed by atoms with Crippen LogP contribution in [0.5, 0.6) is 0 Å². The molecule has 2 aliphatic carbocycles. The van der Waals surface area contributed by atoms with Crippen molar-refractivity contribution in [2.24, 2.45) is 0 Å². The second-order valence-electron chi connectivity index (χ2n) is 5.96. The fourth-order valence-corrected chi connectivity index (χ4v) is 3.23. The Morgan fingerprint density at radius 1 is 0.833 bits per heavy atom. The van der Waals surface area contributed by atoms with Gasteiger partial charge in [0.1, 0.15) is 0 Å². The summed E-state index contributed by atoms with van der Waals surface area (Å²) in [6.45, 7) is 8.10. The Morgan fingerprint density at radius 2 is 1.38 bits per heavy atom. The molecule has 2 rings (SSSR count). The fraction of sp³-hybridized carbons (Fsp3) is 0.300. The molecule has 0 N–H and O–H groups in total. The molecule has 24 heavy (non-hydrogen) atoms. The van der Waals surface area contributed by atoms with Gasteiger partial charge in [0.25, 0.3) is 0 Å². The minimum Gasteiger partial charge on any atom is -0.466 e. The van der Waals surface area contributed by atoms with E-state index in [0.29, 0.717) is 5.56 Å². The Hall–Kier alpha value is -2.62. The van der Waals surface area contributed by atoms with E-state index in [4.69, 9.17) is 4.74 Å². The first kappa shape index (κ1) is 17.7. The van der Waals surface area contributed by atoms with E-state index in [1.54, 1.807) is 0 Å². The number of hydrogen-bond acceptors (Lipinski definition) is 4. The highest BCUT2D eigenvalue weighted by Gasteiger charge is 2.24. The van der Waals surface area contributed by atoms with Gasteiger partial charge in [0, 0.05) is 6.08 Å². The summed E-state index contributed by atoms with van der Waals surface area (Å²) in [6, 6.07) is 6.12. The lowest BCUT2D eigenvalue weighted by molar-refractivity contribution is -0.136. The van der Waals surface area contributed by atoms with Gasteiger partial charge in [-0.3, -0.25) is 0 Å². The van der Waals surface area contributed by atoms with Gasteiger partial charge in [-0.1, -0.05) is 17.7 Å². The highest BCUT2D eigenvalue weighted by molar-refractivity contribution is 6.22. The smallest absolute Gasteiger partial charge is 0.338 e. The van der Waals surface area contributed by atoms with Crippen molar-refractivity contribution < 1.29 is 19.1 Å². The molecule has 4 heteroatoms. The van der Waals surface area contributed by atoms with Crippen LogP contribution in [0.15, 0.2) is 24.3 Å². The van der Waals surface area contributed by atoms with Gasteiger partial charge in [-0.05, 0) is 67.1 Å². The zero-order valence-corrected chi connectivity index (χ0v) is 14.9. The number of aryl methyl sites for hydroxylation is 4. The van der Waals surface area contributed by atoms with Crippen LogP contribution in [0.25, 0.3) is 16.7 Å². The first-order valence-corrected chi connectivity index (χ1v) is 7.69. The number of fused-ring (bicyclic) bond motifs is 1. The summed E-state index contributed by atoms with van der Waals surface area (Å²) in [5.74, 6) is -1.15. The standard InChI is InChI=1S/C20H22O4/c1-11-7-12(2)18-14(4)9-15(19(18)13(3)8-11)16(20(22)24-6)10-17(21)23-5/h7-10H,1-6H3/b16-10-. The van der Waals surface area contributed by atoms with E-state index in [9.17, 15) is 9.59 Å². The van der Waals surface area contributed by atoms with Crippen LogP contribution in [-0.2, 0) is 19.1 Å². The van der Waals surface area contributed by atoms with Gasteiger partial charge in [0.2, 0.25) is 0 Å². The first-order chi connectivity index (χ1) is 11.3. The molecule has 0 spiro atoms. The lowest BCUT2D eigenvalue weighted by Crippen LogP contribution is -2.07. The van der Waals surface area contributed by atoms with Crippen LogP contribution in [-0.4, -0.2) is 26.2 Å². The fourth-order valence-electron chi connectivity index (χ4n) is 3.23. The third-order valence-electron chi connectivity index (χ3n) is 4.11. The largest absolute Gasteiger partial charge is 0.466 e. The molecule has 0 unspecified atom stereocenters. The van der Waals surface area contributed by atoms with E-state index in [0.717, 1.165) is 33.4 Å². The topological polar surface area (TPSA) is 52.6 Å². The Balaban J connectivity index is 2.85. The highest BCUT2D eigenvalue weighted by Crippen LogP contribution is 2.40. The molecule has 126 valence electrons. The number of esters is 2. The monoisotopic (exact) mass is 326 g/mol. The predicted molar refractivity (Wildman–Crippen MR) is 94.0 cm³/mol. The van der Waals surface area contributed by atoms with E-state index in [1.807, 2.05) is 33.8 Å². The minimum atomic E-state index is -0.590. The van der Waals surface area contributed by atoms with E-state index in [2.05, 4.69) is 16.9 Å². The van der Waals surface area contributed by atoms with E-state index < -0.39 is 11.9 Å². The normalized spacial score (nSPS) is 11.5. The van der Waals surface area contributed by atoms with E-state index in [-0.39, 0.29) is 5.57 Å². The van der Waals surface area contributed by atoms with E-state index in [1.165, 1.54) is 20.3 Å². The molecule has 0 aliphatic heterocycles. The average molecular weight is 326 g/mol. The maximum Gasteiger partial charge on any atom is 0.338 e. The Kier molecular flexibility index (Phi) is 5.07. The number of methoxy groups -OCH3 is 2. The molecule has 0 bridgehead atoms. The molecule has 0 aromatic carbocycles. The van der Waals surface area contributed by atoms with Crippen molar-refractivity contribution >= 4 is 17.5 Å². The van der Waals surface area contributed by atoms with Crippen molar-refractivity contribution in [3.05, 3.63) is 52.1 Å². The third-order valence-corrected chi connectivity index (χ3v) is 4.11. The van der Waals surface area contributed by atoms with Crippen LogP contribution in [0.4, 0.5) is 0 Å². The molecular weight excluding hydrogens is 304 g/mol.